The van der Waals surface area contributed by atoms with E-state index in [2.05, 4.69) is 24.7 Å². The van der Waals surface area contributed by atoms with Crippen LogP contribution >= 0.6 is 11.3 Å². The van der Waals surface area contributed by atoms with E-state index in [1.165, 1.54) is 18.5 Å². The van der Waals surface area contributed by atoms with Crippen molar-refractivity contribution >= 4 is 38.1 Å². The SMILES string of the molecule is CCC(C(=O)Nc1ccc(-c2cncc(OC(F)F)c2)cc1)c1csc(NS(=O)(=O)C2CC2)n1. The van der Waals surface area contributed by atoms with Crippen LogP contribution < -0.4 is 14.8 Å². The topological polar surface area (TPSA) is 110 Å². The summed E-state index contributed by atoms with van der Waals surface area (Å²) in [6.45, 7) is -1.09. The number of thiazole rings is 1. The Bertz CT molecular complexity index is 1260. The Morgan fingerprint density at radius 1 is 1.21 bits per heavy atom. The zero-order valence-electron chi connectivity index (χ0n) is 18.1. The van der Waals surface area contributed by atoms with E-state index in [0.717, 1.165) is 11.3 Å². The number of halogens is 2. The first-order chi connectivity index (χ1) is 16.2. The lowest BCUT2D eigenvalue weighted by Crippen LogP contribution is -2.21. The number of alkyl halides is 2. The lowest BCUT2D eigenvalue weighted by Gasteiger charge is -2.13. The summed E-state index contributed by atoms with van der Waals surface area (Å²) in [4.78, 5) is 21.1. The fraction of sp³-hybridized carbons (Fsp3) is 0.318. The minimum absolute atomic E-state index is 0.0438. The van der Waals surface area contributed by atoms with E-state index in [-0.39, 0.29) is 22.0 Å². The number of nitrogens with one attached hydrogen (secondary N) is 2. The number of hydrogen-bond acceptors (Lipinski definition) is 7. The van der Waals surface area contributed by atoms with Gasteiger partial charge in [0.15, 0.2) is 5.13 Å². The minimum Gasteiger partial charge on any atom is -0.433 e. The van der Waals surface area contributed by atoms with Crippen molar-refractivity contribution < 1.29 is 26.7 Å². The largest absolute Gasteiger partial charge is 0.433 e. The summed E-state index contributed by atoms with van der Waals surface area (Å²) < 4.78 is 56.0. The molecule has 0 saturated heterocycles. The molecule has 34 heavy (non-hydrogen) atoms. The molecular formula is C22H22F2N4O4S2. The molecule has 1 aromatic carbocycles. The number of aromatic nitrogens is 2. The number of hydrogen-bond donors (Lipinski definition) is 2. The number of rotatable bonds is 10. The highest BCUT2D eigenvalue weighted by molar-refractivity contribution is 7.93. The van der Waals surface area contributed by atoms with E-state index in [1.54, 1.807) is 29.6 Å². The number of anilines is 2. The van der Waals surface area contributed by atoms with Crippen LogP contribution in [0.5, 0.6) is 5.75 Å². The average Bonchev–Trinajstić information content (AvgIpc) is 3.57. The molecule has 1 fully saturated rings. The van der Waals surface area contributed by atoms with Crippen molar-refractivity contribution in [1.82, 2.24) is 9.97 Å². The first-order valence-electron chi connectivity index (χ1n) is 10.5. The molecule has 1 aliphatic carbocycles. The van der Waals surface area contributed by atoms with Crippen molar-refractivity contribution in [2.45, 2.75) is 44.0 Å². The van der Waals surface area contributed by atoms with Crippen LogP contribution in [0.1, 0.15) is 37.8 Å². The Morgan fingerprint density at radius 2 is 1.94 bits per heavy atom. The third kappa shape index (κ3) is 5.86. The van der Waals surface area contributed by atoms with Gasteiger partial charge in [-0.1, -0.05) is 19.1 Å². The van der Waals surface area contributed by atoms with Crippen LogP contribution in [-0.2, 0) is 14.8 Å². The second-order valence-electron chi connectivity index (χ2n) is 7.74. The molecule has 1 aliphatic rings. The molecule has 3 aromatic rings. The van der Waals surface area contributed by atoms with Gasteiger partial charge in [-0.05, 0) is 43.0 Å². The molecule has 0 spiro atoms. The third-order valence-electron chi connectivity index (χ3n) is 5.22. The summed E-state index contributed by atoms with van der Waals surface area (Å²) in [6, 6.07) is 8.30. The van der Waals surface area contributed by atoms with Crippen LogP contribution in [-0.4, -0.2) is 36.2 Å². The number of benzene rings is 1. The van der Waals surface area contributed by atoms with Crippen LogP contribution in [0, 0.1) is 0 Å². The predicted molar refractivity (Wildman–Crippen MR) is 126 cm³/mol. The minimum atomic E-state index is -3.42. The summed E-state index contributed by atoms with van der Waals surface area (Å²) in [7, 11) is -3.42. The molecule has 2 heterocycles. The van der Waals surface area contributed by atoms with Crippen molar-refractivity contribution in [3.8, 4) is 16.9 Å². The number of amides is 1. The van der Waals surface area contributed by atoms with Gasteiger partial charge in [-0.2, -0.15) is 8.78 Å². The van der Waals surface area contributed by atoms with Crippen LogP contribution in [0.15, 0.2) is 48.1 Å². The first kappa shape index (κ1) is 24.0. The van der Waals surface area contributed by atoms with E-state index < -0.39 is 22.6 Å². The van der Waals surface area contributed by atoms with Crippen LogP contribution in [0.25, 0.3) is 11.1 Å². The summed E-state index contributed by atoms with van der Waals surface area (Å²) in [5.74, 6) is -0.869. The molecule has 1 atom stereocenters. The number of carbonyl (C=O) groups excluding carboxylic acids is 1. The monoisotopic (exact) mass is 508 g/mol. The van der Waals surface area contributed by atoms with Gasteiger partial charge in [-0.15, -0.1) is 11.3 Å². The highest BCUT2D eigenvalue weighted by Gasteiger charge is 2.36. The van der Waals surface area contributed by atoms with Gasteiger partial charge in [0.1, 0.15) is 5.75 Å². The molecule has 4 rings (SSSR count). The van der Waals surface area contributed by atoms with Crippen molar-refractivity contribution in [1.29, 1.82) is 0 Å². The lowest BCUT2D eigenvalue weighted by atomic mass is 10.0. The summed E-state index contributed by atoms with van der Waals surface area (Å²) >= 11 is 1.15. The summed E-state index contributed by atoms with van der Waals surface area (Å²) in [5, 5.41) is 4.42. The number of nitrogens with zero attached hydrogens (tertiary/aromatic N) is 2. The normalized spacial score (nSPS) is 14.6. The quantitative estimate of drug-likeness (QED) is 0.405. The Morgan fingerprint density at radius 3 is 2.59 bits per heavy atom. The Hall–Kier alpha value is -3.12. The highest BCUT2D eigenvalue weighted by Crippen LogP contribution is 2.32. The van der Waals surface area contributed by atoms with Crippen molar-refractivity contribution in [2.24, 2.45) is 0 Å². The molecule has 2 aromatic heterocycles. The molecule has 12 heteroatoms. The molecule has 180 valence electrons. The molecule has 1 amide bonds. The van der Waals surface area contributed by atoms with Crippen LogP contribution in [0.2, 0.25) is 0 Å². The van der Waals surface area contributed by atoms with E-state index in [1.807, 2.05) is 6.92 Å². The van der Waals surface area contributed by atoms with Crippen LogP contribution in [0.4, 0.5) is 19.6 Å². The van der Waals surface area contributed by atoms with E-state index in [9.17, 15) is 22.0 Å². The number of ether oxygens (including phenoxy) is 1. The number of carbonyl (C=O) groups is 1. The Balaban J connectivity index is 1.42. The van der Waals surface area contributed by atoms with Gasteiger partial charge in [0.25, 0.3) is 0 Å². The summed E-state index contributed by atoms with van der Waals surface area (Å²) in [5.41, 5.74) is 2.34. The first-order valence-corrected chi connectivity index (χ1v) is 13.0. The van der Waals surface area contributed by atoms with E-state index in [0.29, 0.717) is 41.8 Å². The van der Waals surface area contributed by atoms with Gasteiger partial charge in [-0.25, -0.2) is 13.4 Å². The standard InChI is InChI=1S/C22H22F2N4O4S2/c1-2-18(19-12-33-22(27-19)28-34(30,31)17-7-8-17)20(29)26-15-5-3-13(4-6-15)14-9-16(11-25-10-14)32-21(23)24/h3-6,9-12,17-18,21H,2,7-8H2,1H3,(H,26,29)(H,27,28). The fourth-order valence-corrected chi connectivity index (χ4v) is 5.69. The maximum absolute atomic E-state index is 12.9. The van der Waals surface area contributed by atoms with Crippen LogP contribution in [0.3, 0.4) is 0 Å². The Kier molecular flexibility index (Phi) is 7.08. The van der Waals surface area contributed by atoms with Gasteiger partial charge in [0.05, 0.1) is 23.1 Å². The molecule has 2 N–H and O–H groups in total. The maximum atomic E-state index is 12.9. The van der Waals surface area contributed by atoms with Crippen molar-refractivity contribution in [3.05, 3.63) is 53.8 Å². The average molecular weight is 509 g/mol. The fourth-order valence-electron chi connectivity index (χ4n) is 3.32. The maximum Gasteiger partial charge on any atom is 0.387 e. The van der Waals surface area contributed by atoms with E-state index >= 15 is 0 Å². The number of sulfonamides is 1. The van der Waals surface area contributed by atoms with Crippen molar-refractivity contribution in [2.75, 3.05) is 10.0 Å². The zero-order valence-corrected chi connectivity index (χ0v) is 19.7. The molecule has 0 aliphatic heterocycles. The smallest absolute Gasteiger partial charge is 0.387 e. The predicted octanol–water partition coefficient (Wildman–Crippen LogP) is 4.84. The third-order valence-corrected chi connectivity index (χ3v) is 7.95. The Labute approximate surface area is 199 Å². The molecular weight excluding hydrogens is 486 g/mol. The molecule has 1 unspecified atom stereocenters. The highest BCUT2D eigenvalue weighted by atomic mass is 32.2. The van der Waals surface area contributed by atoms with Crippen molar-refractivity contribution in [3.63, 3.8) is 0 Å². The number of pyridine rings is 1. The van der Waals surface area contributed by atoms with Gasteiger partial charge in [-0.3, -0.25) is 14.5 Å². The zero-order chi connectivity index (χ0) is 24.3. The molecule has 8 nitrogen and oxygen atoms in total. The van der Waals surface area contributed by atoms with Gasteiger partial charge in [0, 0.05) is 22.8 Å². The van der Waals surface area contributed by atoms with Gasteiger partial charge in [0.2, 0.25) is 15.9 Å². The molecule has 1 saturated carbocycles. The summed E-state index contributed by atoms with van der Waals surface area (Å²) in [6.07, 6.45) is 4.51. The van der Waals surface area contributed by atoms with Gasteiger partial charge < -0.3 is 10.1 Å². The second kappa shape index (κ2) is 10.0. The molecule has 0 bridgehead atoms. The molecule has 0 radical (unpaired) electrons. The lowest BCUT2D eigenvalue weighted by molar-refractivity contribution is -0.117. The van der Waals surface area contributed by atoms with Gasteiger partial charge >= 0.3 is 6.61 Å². The second-order valence-corrected chi connectivity index (χ2v) is 10.6. The van der Waals surface area contributed by atoms with E-state index in [4.69, 9.17) is 0 Å².